The lowest BCUT2D eigenvalue weighted by molar-refractivity contribution is 0.112. The Kier molecular flexibility index (Phi) is 5.87. The fourth-order valence-electron chi connectivity index (χ4n) is 3.83. The van der Waals surface area contributed by atoms with Crippen molar-refractivity contribution in [3.63, 3.8) is 0 Å². The van der Waals surface area contributed by atoms with E-state index in [0.717, 1.165) is 36.9 Å². The molecule has 0 amide bonds. The molecule has 3 aromatic rings. The summed E-state index contributed by atoms with van der Waals surface area (Å²) >= 11 is 0. The standard InChI is InChI=1S/C22H25N3O4S/c1-2-25-21-11-10-19(30(27,28)24-12-4-3-5-13-24)14-20(21)23-22(25)16-29-18-8-6-17(15-26)7-9-18/h6-11,14-15H,2-5,12-13,16H2,1H3. The topological polar surface area (TPSA) is 81.5 Å². The summed E-state index contributed by atoms with van der Waals surface area (Å²) < 4.78 is 35.4. The number of carbonyl (C=O) groups is 1. The van der Waals surface area contributed by atoms with E-state index in [4.69, 9.17) is 4.74 Å². The number of nitrogens with zero attached hydrogens (tertiary/aromatic N) is 3. The fourth-order valence-corrected chi connectivity index (χ4v) is 5.37. The molecular formula is C22H25N3O4S. The Labute approximate surface area is 176 Å². The van der Waals surface area contributed by atoms with Gasteiger partial charge in [-0.05, 0) is 62.2 Å². The molecule has 0 N–H and O–H groups in total. The molecule has 0 aliphatic carbocycles. The van der Waals surface area contributed by atoms with Crippen LogP contribution in [0, 0.1) is 0 Å². The molecular weight excluding hydrogens is 402 g/mol. The van der Waals surface area contributed by atoms with E-state index in [1.54, 1.807) is 40.7 Å². The van der Waals surface area contributed by atoms with E-state index in [1.807, 2.05) is 17.6 Å². The molecule has 8 heteroatoms. The van der Waals surface area contributed by atoms with Crippen molar-refractivity contribution in [3.8, 4) is 5.75 Å². The molecule has 30 heavy (non-hydrogen) atoms. The van der Waals surface area contributed by atoms with Crippen LogP contribution in [0.25, 0.3) is 11.0 Å². The molecule has 0 radical (unpaired) electrons. The zero-order valence-electron chi connectivity index (χ0n) is 17.0. The smallest absolute Gasteiger partial charge is 0.243 e. The predicted octanol–water partition coefficient (Wildman–Crippen LogP) is 3.62. The van der Waals surface area contributed by atoms with Gasteiger partial charge in [-0.15, -0.1) is 0 Å². The number of imidazole rings is 1. The van der Waals surface area contributed by atoms with Crippen LogP contribution in [-0.2, 0) is 23.2 Å². The molecule has 158 valence electrons. The maximum absolute atomic E-state index is 13.0. The molecule has 1 fully saturated rings. The number of piperidine rings is 1. The number of aromatic nitrogens is 2. The van der Waals surface area contributed by atoms with Gasteiger partial charge in [0.15, 0.2) is 0 Å². The zero-order chi connectivity index (χ0) is 21.1. The average molecular weight is 428 g/mol. The minimum absolute atomic E-state index is 0.247. The molecule has 4 rings (SSSR count). The van der Waals surface area contributed by atoms with Gasteiger partial charge in [-0.1, -0.05) is 6.42 Å². The molecule has 0 spiro atoms. The number of hydrogen-bond donors (Lipinski definition) is 0. The number of ether oxygens (including phenoxy) is 1. The summed E-state index contributed by atoms with van der Waals surface area (Å²) in [6, 6.07) is 12.0. The molecule has 7 nitrogen and oxygen atoms in total. The van der Waals surface area contributed by atoms with Crippen molar-refractivity contribution < 1.29 is 17.9 Å². The number of aldehydes is 1. The molecule has 1 saturated heterocycles. The lowest BCUT2D eigenvalue weighted by Crippen LogP contribution is -2.35. The van der Waals surface area contributed by atoms with Crippen molar-refractivity contribution in [2.75, 3.05) is 13.1 Å². The first kappa shape index (κ1) is 20.6. The Morgan fingerprint density at radius 2 is 1.80 bits per heavy atom. The predicted molar refractivity (Wildman–Crippen MR) is 114 cm³/mol. The van der Waals surface area contributed by atoms with E-state index < -0.39 is 10.0 Å². The highest BCUT2D eigenvalue weighted by atomic mass is 32.2. The van der Waals surface area contributed by atoms with Crippen molar-refractivity contribution in [2.45, 2.75) is 44.2 Å². The number of fused-ring (bicyclic) bond motifs is 1. The zero-order valence-corrected chi connectivity index (χ0v) is 17.8. The van der Waals surface area contributed by atoms with Gasteiger partial charge in [-0.25, -0.2) is 13.4 Å². The fraction of sp³-hybridized carbons (Fsp3) is 0.364. The SMILES string of the molecule is CCn1c(COc2ccc(C=O)cc2)nc2cc(S(=O)(=O)N3CCCCC3)ccc21. The second-order valence-corrected chi connectivity index (χ2v) is 9.30. The van der Waals surface area contributed by atoms with Gasteiger partial charge >= 0.3 is 0 Å². The van der Waals surface area contributed by atoms with E-state index in [-0.39, 0.29) is 11.5 Å². The minimum Gasteiger partial charge on any atom is -0.486 e. The molecule has 1 aliphatic heterocycles. The van der Waals surface area contributed by atoms with Crippen LogP contribution < -0.4 is 4.74 Å². The molecule has 0 unspecified atom stereocenters. The van der Waals surface area contributed by atoms with Gasteiger partial charge in [-0.2, -0.15) is 4.31 Å². The Hall–Kier alpha value is -2.71. The van der Waals surface area contributed by atoms with Crippen LogP contribution in [0.15, 0.2) is 47.4 Å². The van der Waals surface area contributed by atoms with E-state index in [1.165, 1.54) is 0 Å². The van der Waals surface area contributed by atoms with Gasteiger partial charge in [0.2, 0.25) is 10.0 Å². The number of hydrogen-bond acceptors (Lipinski definition) is 5. The van der Waals surface area contributed by atoms with E-state index >= 15 is 0 Å². The number of benzene rings is 2. The first-order chi connectivity index (χ1) is 14.5. The highest BCUT2D eigenvalue weighted by Crippen LogP contribution is 2.25. The van der Waals surface area contributed by atoms with E-state index in [2.05, 4.69) is 4.98 Å². The Morgan fingerprint density at radius 1 is 1.07 bits per heavy atom. The van der Waals surface area contributed by atoms with Crippen molar-refractivity contribution >= 4 is 27.3 Å². The lowest BCUT2D eigenvalue weighted by atomic mass is 10.2. The Balaban J connectivity index is 1.60. The Morgan fingerprint density at radius 3 is 2.47 bits per heavy atom. The van der Waals surface area contributed by atoms with Gasteiger partial charge in [0, 0.05) is 25.2 Å². The second kappa shape index (κ2) is 8.57. The van der Waals surface area contributed by atoms with Gasteiger partial charge in [0.25, 0.3) is 0 Å². The number of sulfonamides is 1. The monoisotopic (exact) mass is 427 g/mol. The van der Waals surface area contributed by atoms with E-state index in [9.17, 15) is 13.2 Å². The Bertz CT molecular complexity index is 1150. The summed E-state index contributed by atoms with van der Waals surface area (Å²) in [5, 5.41) is 0. The van der Waals surface area contributed by atoms with Crippen LogP contribution in [0.2, 0.25) is 0 Å². The van der Waals surface area contributed by atoms with Crippen LogP contribution in [0.3, 0.4) is 0 Å². The molecule has 2 heterocycles. The van der Waals surface area contributed by atoms with Crippen molar-refractivity contribution in [1.29, 1.82) is 0 Å². The van der Waals surface area contributed by atoms with Gasteiger partial charge < -0.3 is 9.30 Å². The van der Waals surface area contributed by atoms with Crippen LogP contribution in [0.1, 0.15) is 42.4 Å². The largest absolute Gasteiger partial charge is 0.486 e. The average Bonchev–Trinajstić information content (AvgIpc) is 3.15. The number of aryl methyl sites for hydroxylation is 1. The summed E-state index contributed by atoms with van der Waals surface area (Å²) in [6.45, 7) is 4.11. The molecule has 0 atom stereocenters. The maximum Gasteiger partial charge on any atom is 0.243 e. The third kappa shape index (κ3) is 3.97. The summed E-state index contributed by atoms with van der Waals surface area (Å²) in [5.74, 6) is 1.36. The second-order valence-electron chi connectivity index (χ2n) is 7.36. The molecule has 2 aromatic carbocycles. The third-order valence-electron chi connectivity index (χ3n) is 5.45. The quantitative estimate of drug-likeness (QED) is 0.538. The molecule has 0 bridgehead atoms. The van der Waals surface area contributed by atoms with Crippen molar-refractivity contribution in [3.05, 3.63) is 53.9 Å². The molecule has 1 aromatic heterocycles. The van der Waals surface area contributed by atoms with Crippen LogP contribution in [0.5, 0.6) is 5.75 Å². The maximum atomic E-state index is 13.0. The molecule has 0 saturated carbocycles. The third-order valence-corrected chi connectivity index (χ3v) is 7.35. The summed E-state index contributed by atoms with van der Waals surface area (Å²) in [4.78, 5) is 15.7. The highest BCUT2D eigenvalue weighted by Gasteiger charge is 2.26. The summed E-state index contributed by atoms with van der Waals surface area (Å²) in [7, 11) is -3.50. The minimum atomic E-state index is -3.50. The number of rotatable bonds is 7. The van der Waals surface area contributed by atoms with Crippen molar-refractivity contribution in [1.82, 2.24) is 13.9 Å². The first-order valence-corrected chi connectivity index (χ1v) is 11.6. The number of carbonyl (C=O) groups excluding carboxylic acids is 1. The van der Waals surface area contributed by atoms with Crippen LogP contribution >= 0.6 is 0 Å². The lowest BCUT2D eigenvalue weighted by Gasteiger charge is -2.25. The normalized spacial score (nSPS) is 15.4. The van der Waals surface area contributed by atoms with Crippen LogP contribution in [-0.4, -0.2) is 41.6 Å². The summed E-state index contributed by atoms with van der Waals surface area (Å²) in [6.07, 6.45) is 3.67. The van der Waals surface area contributed by atoms with E-state index in [0.29, 0.717) is 36.5 Å². The van der Waals surface area contributed by atoms with Gasteiger partial charge in [0.1, 0.15) is 24.5 Å². The van der Waals surface area contributed by atoms with Gasteiger partial charge in [0.05, 0.1) is 15.9 Å². The highest BCUT2D eigenvalue weighted by molar-refractivity contribution is 7.89. The van der Waals surface area contributed by atoms with Crippen LogP contribution in [0.4, 0.5) is 0 Å². The molecule has 1 aliphatic rings. The summed E-state index contributed by atoms with van der Waals surface area (Å²) in [5.41, 5.74) is 2.11. The van der Waals surface area contributed by atoms with Crippen molar-refractivity contribution in [2.24, 2.45) is 0 Å². The van der Waals surface area contributed by atoms with Gasteiger partial charge in [-0.3, -0.25) is 4.79 Å². The first-order valence-electron chi connectivity index (χ1n) is 10.2.